The molecule has 2 aromatic carbocycles. The standard InChI is InChI=1S/C24H30N2O/c1-26-19-8-7-14-22(26)15-9-13-21-12-5-6-16-23(21)25-24(27)18-17-20-10-3-2-4-11-20/h2-6,10-12,16-18,22H,7-9,13-15,19H2,1H3,(H,25,27). The topological polar surface area (TPSA) is 32.3 Å². The van der Waals surface area contributed by atoms with Crippen LogP contribution in [-0.2, 0) is 11.2 Å². The summed E-state index contributed by atoms with van der Waals surface area (Å²) in [5.74, 6) is -0.0849. The smallest absolute Gasteiger partial charge is 0.248 e. The van der Waals surface area contributed by atoms with Gasteiger partial charge < -0.3 is 10.2 Å². The van der Waals surface area contributed by atoms with Gasteiger partial charge in [-0.25, -0.2) is 0 Å². The number of carbonyl (C=O) groups excluding carboxylic acids is 1. The number of hydrogen-bond acceptors (Lipinski definition) is 2. The van der Waals surface area contributed by atoms with Gasteiger partial charge in [0.15, 0.2) is 0 Å². The van der Waals surface area contributed by atoms with Gasteiger partial charge in [-0.1, -0.05) is 55.0 Å². The number of likely N-dealkylation sites (tertiary alicyclic amines) is 1. The average molecular weight is 363 g/mol. The zero-order chi connectivity index (χ0) is 18.9. The Kier molecular flexibility index (Phi) is 7.23. The first-order chi connectivity index (χ1) is 13.2. The highest BCUT2D eigenvalue weighted by molar-refractivity contribution is 6.02. The molecule has 1 heterocycles. The van der Waals surface area contributed by atoms with Gasteiger partial charge in [0.2, 0.25) is 5.91 Å². The summed E-state index contributed by atoms with van der Waals surface area (Å²) in [5, 5.41) is 3.04. The molecule has 1 fully saturated rings. The number of carbonyl (C=O) groups is 1. The van der Waals surface area contributed by atoms with Gasteiger partial charge in [0, 0.05) is 17.8 Å². The maximum atomic E-state index is 12.3. The Morgan fingerprint density at radius 3 is 2.70 bits per heavy atom. The van der Waals surface area contributed by atoms with E-state index in [1.807, 2.05) is 48.5 Å². The molecule has 27 heavy (non-hydrogen) atoms. The maximum Gasteiger partial charge on any atom is 0.248 e. The summed E-state index contributed by atoms with van der Waals surface area (Å²) in [6, 6.07) is 18.8. The Bertz CT molecular complexity index is 754. The van der Waals surface area contributed by atoms with Gasteiger partial charge in [0.25, 0.3) is 0 Å². The van der Waals surface area contributed by atoms with E-state index in [-0.39, 0.29) is 5.91 Å². The molecule has 2 aromatic rings. The molecule has 3 nitrogen and oxygen atoms in total. The van der Waals surface area contributed by atoms with Gasteiger partial charge in [-0.15, -0.1) is 0 Å². The van der Waals surface area contributed by atoms with Crippen molar-refractivity contribution in [3.05, 3.63) is 71.8 Å². The van der Waals surface area contributed by atoms with Crippen LogP contribution in [0.2, 0.25) is 0 Å². The summed E-state index contributed by atoms with van der Waals surface area (Å²) >= 11 is 0. The molecule has 0 radical (unpaired) electrons. The van der Waals surface area contributed by atoms with Crippen LogP contribution in [0.1, 0.15) is 43.2 Å². The lowest BCUT2D eigenvalue weighted by molar-refractivity contribution is -0.111. The largest absolute Gasteiger partial charge is 0.322 e. The van der Waals surface area contributed by atoms with E-state index < -0.39 is 0 Å². The van der Waals surface area contributed by atoms with Gasteiger partial charge in [-0.2, -0.15) is 0 Å². The van der Waals surface area contributed by atoms with E-state index in [9.17, 15) is 4.79 Å². The average Bonchev–Trinajstić information content (AvgIpc) is 2.70. The highest BCUT2D eigenvalue weighted by atomic mass is 16.1. The van der Waals surface area contributed by atoms with Crippen LogP contribution in [0.25, 0.3) is 6.08 Å². The number of amides is 1. The minimum Gasteiger partial charge on any atom is -0.322 e. The maximum absolute atomic E-state index is 12.3. The lowest BCUT2D eigenvalue weighted by Gasteiger charge is -2.32. The number of rotatable bonds is 7. The van der Waals surface area contributed by atoms with E-state index in [0.29, 0.717) is 6.04 Å². The fourth-order valence-corrected chi connectivity index (χ4v) is 3.81. The normalized spacial score (nSPS) is 17.9. The van der Waals surface area contributed by atoms with Gasteiger partial charge >= 0.3 is 0 Å². The highest BCUT2D eigenvalue weighted by Gasteiger charge is 2.18. The monoisotopic (exact) mass is 362 g/mol. The summed E-state index contributed by atoms with van der Waals surface area (Å²) in [6.45, 7) is 1.23. The van der Waals surface area contributed by atoms with Crippen molar-refractivity contribution >= 4 is 17.7 Å². The first kappa shape index (κ1) is 19.4. The third-order valence-corrected chi connectivity index (χ3v) is 5.41. The zero-order valence-electron chi connectivity index (χ0n) is 16.2. The number of benzene rings is 2. The lowest BCUT2D eigenvalue weighted by Crippen LogP contribution is -2.36. The molecule has 1 atom stereocenters. The van der Waals surface area contributed by atoms with Crippen molar-refractivity contribution in [2.45, 2.75) is 44.6 Å². The summed E-state index contributed by atoms with van der Waals surface area (Å²) in [4.78, 5) is 14.8. The van der Waals surface area contributed by atoms with E-state index in [1.165, 1.54) is 37.8 Å². The second kappa shape index (κ2) is 10.1. The molecule has 1 aliphatic heterocycles. The molecule has 0 bridgehead atoms. The van der Waals surface area contributed by atoms with Gasteiger partial charge in [-0.05, 0) is 69.0 Å². The summed E-state index contributed by atoms with van der Waals surface area (Å²) in [6.07, 6.45) is 10.8. The minimum atomic E-state index is -0.0849. The SMILES string of the molecule is CN1CCCCC1CCCc1ccccc1NC(=O)C=Cc1ccccc1. The van der Waals surface area contributed by atoms with Gasteiger partial charge in [0.05, 0.1) is 0 Å². The number of para-hydroxylation sites is 1. The van der Waals surface area contributed by atoms with Crippen molar-refractivity contribution < 1.29 is 4.79 Å². The zero-order valence-corrected chi connectivity index (χ0v) is 16.2. The number of piperidine rings is 1. The molecular formula is C24H30N2O. The molecule has 0 spiro atoms. The summed E-state index contributed by atoms with van der Waals surface area (Å²) < 4.78 is 0. The van der Waals surface area contributed by atoms with Crippen LogP contribution in [0.3, 0.4) is 0 Å². The van der Waals surface area contributed by atoms with Crippen molar-refractivity contribution in [1.29, 1.82) is 0 Å². The van der Waals surface area contributed by atoms with Crippen LogP contribution in [-0.4, -0.2) is 30.4 Å². The lowest BCUT2D eigenvalue weighted by atomic mass is 9.96. The molecule has 0 aromatic heterocycles. The molecule has 0 saturated carbocycles. The molecule has 0 aliphatic carbocycles. The molecule has 3 rings (SSSR count). The molecule has 1 unspecified atom stereocenters. The van der Waals surface area contributed by atoms with Crippen molar-refractivity contribution in [1.82, 2.24) is 4.90 Å². The highest BCUT2D eigenvalue weighted by Crippen LogP contribution is 2.22. The summed E-state index contributed by atoms with van der Waals surface area (Å²) in [7, 11) is 2.25. The Labute approximate surface area is 163 Å². The number of nitrogens with zero attached hydrogens (tertiary/aromatic N) is 1. The van der Waals surface area contributed by atoms with E-state index >= 15 is 0 Å². The quantitative estimate of drug-likeness (QED) is 0.691. The Balaban J connectivity index is 1.53. The second-order valence-corrected chi connectivity index (χ2v) is 7.41. The number of anilines is 1. The molecular weight excluding hydrogens is 332 g/mol. The van der Waals surface area contributed by atoms with Crippen LogP contribution in [0.4, 0.5) is 5.69 Å². The van der Waals surface area contributed by atoms with Gasteiger partial charge in [-0.3, -0.25) is 4.79 Å². The van der Waals surface area contributed by atoms with Crippen molar-refractivity contribution in [3.8, 4) is 0 Å². The number of aryl methyl sites for hydroxylation is 1. The molecule has 1 amide bonds. The second-order valence-electron chi connectivity index (χ2n) is 7.41. The van der Waals surface area contributed by atoms with E-state index in [0.717, 1.165) is 24.1 Å². The summed E-state index contributed by atoms with van der Waals surface area (Å²) in [5.41, 5.74) is 3.17. The Morgan fingerprint density at radius 2 is 1.89 bits per heavy atom. The van der Waals surface area contributed by atoms with Crippen LogP contribution >= 0.6 is 0 Å². The van der Waals surface area contributed by atoms with Crippen LogP contribution in [0, 0.1) is 0 Å². The molecule has 1 aliphatic rings. The Hall–Kier alpha value is -2.39. The van der Waals surface area contributed by atoms with Crippen molar-refractivity contribution in [3.63, 3.8) is 0 Å². The van der Waals surface area contributed by atoms with Crippen LogP contribution < -0.4 is 5.32 Å². The number of hydrogen-bond donors (Lipinski definition) is 1. The van der Waals surface area contributed by atoms with Crippen molar-refractivity contribution in [2.75, 3.05) is 18.9 Å². The van der Waals surface area contributed by atoms with E-state index in [4.69, 9.17) is 0 Å². The molecule has 142 valence electrons. The predicted molar refractivity (Wildman–Crippen MR) is 114 cm³/mol. The number of nitrogens with one attached hydrogen (secondary N) is 1. The van der Waals surface area contributed by atoms with Gasteiger partial charge in [0.1, 0.15) is 0 Å². The van der Waals surface area contributed by atoms with Crippen LogP contribution in [0.15, 0.2) is 60.7 Å². The molecule has 1 N–H and O–H groups in total. The fraction of sp³-hybridized carbons (Fsp3) is 0.375. The minimum absolute atomic E-state index is 0.0849. The first-order valence-electron chi connectivity index (χ1n) is 10.0. The Morgan fingerprint density at radius 1 is 1.11 bits per heavy atom. The van der Waals surface area contributed by atoms with Crippen LogP contribution in [0.5, 0.6) is 0 Å². The molecule has 1 saturated heterocycles. The first-order valence-corrected chi connectivity index (χ1v) is 10.0. The predicted octanol–water partition coefficient (Wildman–Crippen LogP) is 5.15. The molecule has 3 heteroatoms. The third-order valence-electron chi connectivity index (χ3n) is 5.41. The van der Waals surface area contributed by atoms with Crippen molar-refractivity contribution in [2.24, 2.45) is 0 Å². The van der Waals surface area contributed by atoms with E-state index in [1.54, 1.807) is 6.08 Å². The third kappa shape index (κ3) is 6.07. The van der Waals surface area contributed by atoms with E-state index in [2.05, 4.69) is 29.4 Å². The fourth-order valence-electron chi connectivity index (χ4n) is 3.81.